The molecule has 4 N–H and O–H groups in total. The van der Waals surface area contributed by atoms with Crippen LogP contribution in [0.1, 0.15) is 33.6 Å². The highest BCUT2D eigenvalue weighted by Crippen LogP contribution is 2.21. The normalized spacial score (nSPS) is 13.3. The molecule has 1 aromatic rings. The van der Waals surface area contributed by atoms with Crippen LogP contribution in [0.3, 0.4) is 0 Å². The Morgan fingerprint density at radius 2 is 1.81 bits per heavy atom. The van der Waals surface area contributed by atoms with Crippen LogP contribution in [0, 0.1) is 11.7 Å². The van der Waals surface area contributed by atoms with Crippen molar-refractivity contribution in [3.05, 3.63) is 24.0 Å². The summed E-state index contributed by atoms with van der Waals surface area (Å²) in [5.41, 5.74) is 5.29. The molecule has 0 bridgehead atoms. The van der Waals surface area contributed by atoms with Gasteiger partial charge in [-0.15, -0.1) is 12.4 Å². The number of nitrogens with one attached hydrogen (secondary N) is 2. The van der Waals surface area contributed by atoms with Gasteiger partial charge in [0.1, 0.15) is 5.82 Å². The van der Waals surface area contributed by atoms with Crippen molar-refractivity contribution in [3.63, 3.8) is 0 Å². The molecule has 1 unspecified atom stereocenters. The van der Waals surface area contributed by atoms with Gasteiger partial charge in [-0.25, -0.2) is 25.9 Å². The second-order valence-corrected chi connectivity index (χ2v) is 9.80. The summed E-state index contributed by atoms with van der Waals surface area (Å²) in [6, 6.07) is 2.57. The number of nitrogens with two attached hydrogens (primary N) is 1. The highest BCUT2D eigenvalue weighted by Gasteiger charge is 2.22. The minimum Gasteiger partial charge on any atom is -0.329 e. The quantitative estimate of drug-likeness (QED) is 0.523. The van der Waals surface area contributed by atoms with Crippen LogP contribution in [0.15, 0.2) is 23.1 Å². The molecule has 0 amide bonds. The third-order valence-corrected chi connectivity index (χ3v) is 6.35. The molecule has 0 saturated heterocycles. The number of anilines is 1. The second kappa shape index (κ2) is 10.4. The summed E-state index contributed by atoms with van der Waals surface area (Å²) in [5.74, 6) is -0.874. The van der Waals surface area contributed by atoms with Crippen molar-refractivity contribution in [3.8, 4) is 0 Å². The van der Waals surface area contributed by atoms with Gasteiger partial charge in [-0.05, 0) is 37.0 Å². The van der Waals surface area contributed by atoms with Gasteiger partial charge in [0.25, 0.3) is 0 Å². The molecule has 7 nitrogen and oxygen atoms in total. The third kappa shape index (κ3) is 7.75. The average Bonchev–Trinajstić information content (AvgIpc) is 2.47. The van der Waals surface area contributed by atoms with Crippen LogP contribution >= 0.6 is 12.4 Å². The molecule has 0 fully saturated rings. The molecule has 11 heteroatoms. The Hall–Kier alpha value is -0.940. The maximum atomic E-state index is 14.1. The lowest BCUT2D eigenvalue weighted by atomic mass is 10.1. The minimum atomic E-state index is -3.96. The van der Waals surface area contributed by atoms with Crippen molar-refractivity contribution in [1.82, 2.24) is 4.72 Å². The van der Waals surface area contributed by atoms with Crippen LogP contribution in [-0.2, 0) is 20.0 Å². The standard InChI is InChI=1S/C15H26FN3O4S2.ClH/c1-4-7-24(20,21)19-15-6-5-13(9-14(15)16)25(22,23)18-12(10-17)8-11(2)3;/h5-6,9,11-12,18-19H,4,7-8,10,17H2,1-3H3;1H. The van der Waals surface area contributed by atoms with Crippen molar-refractivity contribution < 1.29 is 21.2 Å². The SMILES string of the molecule is CCCS(=O)(=O)Nc1ccc(S(=O)(=O)NC(CN)CC(C)C)cc1F.Cl. The number of rotatable bonds is 10. The molecule has 0 aliphatic rings. The lowest BCUT2D eigenvalue weighted by molar-refractivity contribution is 0.465. The number of hydrogen-bond acceptors (Lipinski definition) is 5. The Kier molecular flexibility index (Phi) is 10.0. The average molecular weight is 432 g/mol. The van der Waals surface area contributed by atoms with Crippen LogP contribution in [0.4, 0.5) is 10.1 Å². The van der Waals surface area contributed by atoms with Gasteiger partial charge in [0.05, 0.1) is 16.3 Å². The van der Waals surface area contributed by atoms with Crippen LogP contribution in [-0.4, -0.2) is 35.2 Å². The van der Waals surface area contributed by atoms with E-state index >= 15 is 0 Å². The molecule has 0 radical (unpaired) electrons. The van der Waals surface area contributed by atoms with E-state index in [4.69, 9.17) is 5.73 Å². The van der Waals surface area contributed by atoms with E-state index in [1.54, 1.807) is 6.92 Å². The van der Waals surface area contributed by atoms with Crippen LogP contribution in [0.2, 0.25) is 0 Å². The lowest BCUT2D eigenvalue weighted by Crippen LogP contribution is -2.41. The fourth-order valence-electron chi connectivity index (χ4n) is 2.28. The minimum absolute atomic E-state index is 0. The van der Waals surface area contributed by atoms with E-state index in [9.17, 15) is 21.2 Å². The van der Waals surface area contributed by atoms with Crippen LogP contribution in [0.25, 0.3) is 0 Å². The van der Waals surface area contributed by atoms with E-state index in [1.807, 2.05) is 13.8 Å². The fourth-order valence-corrected chi connectivity index (χ4v) is 4.70. The van der Waals surface area contributed by atoms with Crippen LogP contribution < -0.4 is 15.2 Å². The van der Waals surface area contributed by atoms with Crippen molar-refractivity contribution in [2.24, 2.45) is 11.7 Å². The first-order valence-corrected chi connectivity index (χ1v) is 11.2. The van der Waals surface area contributed by atoms with E-state index < -0.39 is 31.9 Å². The van der Waals surface area contributed by atoms with Gasteiger partial charge in [-0.2, -0.15) is 0 Å². The Morgan fingerprint density at radius 3 is 2.27 bits per heavy atom. The number of benzene rings is 1. The molecule has 0 aliphatic heterocycles. The highest BCUT2D eigenvalue weighted by atomic mass is 35.5. The molecular weight excluding hydrogens is 405 g/mol. The Morgan fingerprint density at radius 1 is 1.19 bits per heavy atom. The van der Waals surface area contributed by atoms with Gasteiger partial charge < -0.3 is 5.73 Å². The van der Waals surface area contributed by atoms with Gasteiger partial charge in [-0.1, -0.05) is 20.8 Å². The Labute approximate surface area is 161 Å². The zero-order valence-electron chi connectivity index (χ0n) is 15.0. The smallest absolute Gasteiger partial charge is 0.240 e. The zero-order valence-corrected chi connectivity index (χ0v) is 17.5. The van der Waals surface area contributed by atoms with E-state index in [0.29, 0.717) is 12.8 Å². The Bertz CT molecular complexity index is 786. The summed E-state index contributed by atoms with van der Waals surface area (Å²) in [4.78, 5) is -0.286. The van der Waals surface area contributed by atoms with E-state index in [1.165, 1.54) is 0 Å². The summed E-state index contributed by atoms with van der Waals surface area (Å²) in [5, 5.41) is 0. The molecule has 0 heterocycles. The molecular formula is C15H27ClFN3O4S2. The van der Waals surface area contributed by atoms with Crippen LogP contribution in [0.5, 0.6) is 0 Å². The summed E-state index contributed by atoms with van der Waals surface area (Å²) < 4.78 is 66.8. The first-order chi connectivity index (χ1) is 11.5. The molecule has 152 valence electrons. The molecule has 1 rings (SSSR count). The van der Waals surface area contributed by atoms with Crippen molar-refractivity contribution in [1.29, 1.82) is 0 Å². The van der Waals surface area contributed by atoms with Crippen molar-refractivity contribution in [2.45, 2.75) is 44.6 Å². The van der Waals surface area contributed by atoms with E-state index in [0.717, 1.165) is 18.2 Å². The topological polar surface area (TPSA) is 118 Å². The molecule has 0 spiro atoms. The monoisotopic (exact) mass is 431 g/mol. The summed E-state index contributed by atoms with van der Waals surface area (Å²) in [7, 11) is -7.62. The van der Waals surface area contributed by atoms with Gasteiger partial charge in [0.15, 0.2) is 0 Å². The zero-order chi connectivity index (χ0) is 19.3. The van der Waals surface area contributed by atoms with Gasteiger partial charge in [0.2, 0.25) is 20.0 Å². The first kappa shape index (κ1) is 25.1. The molecule has 0 aromatic heterocycles. The highest BCUT2D eigenvalue weighted by molar-refractivity contribution is 7.92. The molecule has 1 atom stereocenters. The number of sulfonamides is 2. The van der Waals surface area contributed by atoms with Crippen molar-refractivity contribution in [2.75, 3.05) is 17.0 Å². The predicted molar refractivity (Wildman–Crippen MR) is 104 cm³/mol. The molecule has 0 aliphatic carbocycles. The first-order valence-electron chi connectivity index (χ1n) is 8.03. The van der Waals surface area contributed by atoms with Gasteiger partial charge in [-0.3, -0.25) is 4.72 Å². The summed E-state index contributed by atoms with van der Waals surface area (Å²) in [6.45, 7) is 5.68. The number of hydrogen-bond donors (Lipinski definition) is 3. The number of halogens is 2. The second-order valence-electron chi connectivity index (χ2n) is 6.25. The Balaban J connectivity index is 0.00000625. The van der Waals surface area contributed by atoms with E-state index in [2.05, 4.69) is 9.44 Å². The summed E-state index contributed by atoms with van der Waals surface area (Å²) in [6.07, 6.45) is 0.927. The predicted octanol–water partition coefficient (Wildman–Crippen LogP) is 2.05. The van der Waals surface area contributed by atoms with E-state index in [-0.39, 0.29) is 41.2 Å². The van der Waals surface area contributed by atoms with Gasteiger partial charge in [0, 0.05) is 12.6 Å². The maximum absolute atomic E-state index is 14.1. The van der Waals surface area contributed by atoms with Crippen molar-refractivity contribution >= 4 is 38.1 Å². The third-order valence-electron chi connectivity index (χ3n) is 3.35. The molecule has 0 saturated carbocycles. The fraction of sp³-hybridized carbons (Fsp3) is 0.600. The largest absolute Gasteiger partial charge is 0.329 e. The lowest BCUT2D eigenvalue weighted by Gasteiger charge is -2.19. The summed E-state index contributed by atoms with van der Waals surface area (Å²) >= 11 is 0. The molecule has 1 aromatic carbocycles. The maximum Gasteiger partial charge on any atom is 0.240 e. The van der Waals surface area contributed by atoms with Gasteiger partial charge >= 0.3 is 0 Å². The molecule has 26 heavy (non-hydrogen) atoms.